The van der Waals surface area contributed by atoms with Crippen molar-refractivity contribution in [3.8, 4) is 0 Å². The minimum absolute atomic E-state index is 0.123. The van der Waals surface area contributed by atoms with Gasteiger partial charge in [-0.1, -0.05) is 18.2 Å². The Hall–Kier alpha value is -2.80. The second kappa shape index (κ2) is 8.05. The highest BCUT2D eigenvalue weighted by Crippen LogP contribution is 2.21. The van der Waals surface area contributed by atoms with Gasteiger partial charge in [-0.2, -0.15) is 0 Å². The first kappa shape index (κ1) is 18.0. The third-order valence-electron chi connectivity index (χ3n) is 4.06. The van der Waals surface area contributed by atoms with Gasteiger partial charge in [-0.15, -0.1) is 11.8 Å². The molecular formula is C19H19N3O3S. The van der Waals surface area contributed by atoms with E-state index < -0.39 is 6.04 Å². The van der Waals surface area contributed by atoms with Gasteiger partial charge in [0.05, 0.1) is 11.3 Å². The molecular weight excluding hydrogens is 350 g/mol. The molecule has 0 aromatic heterocycles. The van der Waals surface area contributed by atoms with Gasteiger partial charge in [-0.05, 0) is 43.0 Å². The minimum atomic E-state index is -0.752. The number of benzene rings is 2. The molecule has 0 aliphatic carbocycles. The molecule has 7 heteroatoms. The second-order valence-corrected chi connectivity index (χ2v) is 6.76. The Morgan fingerprint density at radius 2 is 1.96 bits per heavy atom. The number of amides is 3. The van der Waals surface area contributed by atoms with Crippen molar-refractivity contribution in [2.45, 2.75) is 23.8 Å². The molecule has 134 valence electrons. The third kappa shape index (κ3) is 4.23. The van der Waals surface area contributed by atoms with E-state index in [0.717, 1.165) is 4.90 Å². The Bertz CT molecular complexity index is 853. The topological polar surface area (TPSA) is 87.3 Å². The third-order valence-corrected chi connectivity index (χ3v) is 4.79. The number of nitrogens with one attached hydrogen (secondary N) is 3. The van der Waals surface area contributed by atoms with E-state index in [0.29, 0.717) is 16.9 Å². The lowest BCUT2D eigenvalue weighted by Gasteiger charge is -2.14. The zero-order valence-electron chi connectivity index (χ0n) is 14.2. The van der Waals surface area contributed by atoms with E-state index in [4.69, 9.17) is 0 Å². The molecule has 6 nitrogen and oxygen atoms in total. The first-order chi connectivity index (χ1) is 12.6. The standard InChI is InChI=1S/C19H19N3O3S/c1-26-13-6-4-5-12(11-13)20-17(23)10-9-16-19(25)21-15-8-3-2-7-14(15)18(24)22-16/h2-8,11,16H,9-10H2,1H3,(H,20,23)(H,21,25)(H,22,24)/t16-/m1/s1. The van der Waals surface area contributed by atoms with E-state index >= 15 is 0 Å². The summed E-state index contributed by atoms with van der Waals surface area (Å²) >= 11 is 1.59. The molecule has 0 radical (unpaired) electrons. The van der Waals surface area contributed by atoms with E-state index in [1.54, 1.807) is 36.0 Å². The van der Waals surface area contributed by atoms with Crippen LogP contribution in [-0.2, 0) is 9.59 Å². The monoisotopic (exact) mass is 369 g/mol. The molecule has 0 bridgehead atoms. The second-order valence-electron chi connectivity index (χ2n) is 5.88. The lowest BCUT2D eigenvalue weighted by molar-refractivity contribution is -0.118. The molecule has 1 aliphatic heterocycles. The van der Waals surface area contributed by atoms with Crippen LogP contribution >= 0.6 is 11.8 Å². The van der Waals surface area contributed by atoms with E-state index in [1.165, 1.54) is 0 Å². The van der Waals surface area contributed by atoms with E-state index in [2.05, 4.69) is 16.0 Å². The fraction of sp³-hybridized carbons (Fsp3) is 0.211. The van der Waals surface area contributed by atoms with Gasteiger partial charge in [0, 0.05) is 17.0 Å². The summed E-state index contributed by atoms with van der Waals surface area (Å²) in [6.07, 6.45) is 2.31. The van der Waals surface area contributed by atoms with Crippen LogP contribution < -0.4 is 16.0 Å². The van der Waals surface area contributed by atoms with Crippen molar-refractivity contribution in [1.82, 2.24) is 5.32 Å². The number of anilines is 2. The van der Waals surface area contributed by atoms with Crippen molar-refractivity contribution in [2.75, 3.05) is 16.9 Å². The fourth-order valence-electron chi connectivity index (χ4n) is 2.71. The highest BCUT2D eigenvalue weighted by atomic mass is 32.2. The fourth-order valence-corrected chi connectivity index (χ4v) is 3.17. The lowest BCUT2D eigenvalue weighted by Crippen LogP contribution is -2.41. The Morgan fingerprint density at radius 3 is 2.77 bits per heavy atom. The van der Waals surface area contributed by atoms with Crippen molar-refractivity contribution in [1.29, 1.82) is 0 Å². The summed E-state index contributed by atoms with van der Waals surface area (Å²) in [5.74, 6) is -0.843. The van der Waals surface area contributed by atoms with E-state index in [9.17, 15) is 14.4 Å². The summed E-state index contributed by atoms with van der Waals surface area (Å²) in [4.78, 5) is 37.8. The van der Waals surface area contributed by atoms with E-state index in [1.807, 2.05) is 30.5 Å². The van der Waals surface area contributed by atoms with E-state index in [-0.39, 0.29) is 30.6 Å². The summed E-state index contributed by atoms with van der Waals surface area (Å²) in [7, 11) is 0. The predicted molar refractivity (Wildman–Crippen MR) is 102 cm³/mol. The van der Waals surface area contributed by atoms with Crippen molar-refractivity contribution in [2.24, 2.45) is 0 Å². The van der Waals surface area contributed by atoms with Crippen LogP contribution in [0.25, 0.3) is 0 Å². The van der Waals surface area contributed by atoms with Crippen LogP contribution in [-0.4, -0.2) is 30.0 Å². The summed E-state index contributed by atoms with van der Waals surface area (Å²) < 4.78 is 0. The molecule has 3 N–H and O–H groups in total. The van der Waals surface area contributed by atoms with Gasteiger partial charge in [0.2, 0.25) is 11.8 Å². The number of para-hydroxylation sites is 1. The molecule has 2 aromatic rings. The molecule has 1 atom stereocenters. The summed E-state index contributed by atoms with van der Waals surface area (Å²) in [5.41, 5.74) is 1.61. The maximum atomic E-state index is 12.3. The lowest BCUT2D eigenvalue weighted by atomic mass is 10.1. The van der Waals surface area contributed by atoms with Crippen LogP contribution in [0, 0.1) is 0 Å². The van der Waals surface area contributed by atoms with Crippen molar-refractivity contribution >= 4 is 40.9 Å². The summed E-state index contributed by atoms with van der Waals surface area (Å²) in [5, 5.41) is 8.24. The summed E-state index contributed by atoms with van der Waals surface area (Å²) in [6, 6.07) is 13.6. The van der Waals surface area contributed by atoms with Gasteiger partial charge >= 0.3 is 0 Å². The molecule has 3 amide bonds. The van der Waals surface area contributed by atoms with Gasteiger partial charge in [0.1, 0.15) is 6.04 Å². The van der Waals surface area contributed by atoms with Crippen molar-refractivity contribution < 1.29 is 14.4 Å². The zero-order valence-corrected chi connectivity index (χ0v) is 15.1. The number of hydrogen-bond donors (Lipinski definition) is 3. The first-order valence-corrected chi connectivity index (χ1v) is 9.44. The van der Waals surface area contributed by atoms with Crippen LogP contribution in [0.5, 0.6) is 0 Å². The number of carbonyl (C=O) groups is 3. The zero-order chi connectivity index (χ0) is 18.5. The SMILES string of the molecule is CSc1cccc(NC(=O)CC[C@H]2NC(=O)c3ccccc3NC2=O)c1. The minimum Gasteiger partial charge on any atom is -0.340 e. The quantitative estimate of drug-likeness (QED) is 0.707. The molecule has 0 saturated carbocycles. The highest BCUT2D eigenvalue weighted by molar-refractivity contribution is 7.98. The molecule has 2 aromatic carbocycles. The van der Waals surface area contributed by atoms with Gasteiger partial charge in [-0.3, -0.25) is 14.4 Å². The van der Waals surface area contributed by atoms with Crippen LogP contribution in [0.1, 0.15) is 23.2 Å². The first-order valence-electron chi connectivity index (χ1n) is 8.21. The van der Waals surface area contributed by atoms with Crippen LogP contribution in [0.4, 0.5) is 11.4 Å². The number of carbonyl (C=O) groups excluding carboxylic acids is 3. The maximum Gasteiger partial charge on any atom is 0.254 e. The molecule has 0 unspecified atom stereocenters. The molecule has 0 fully saturated rings. The number of thioether (sulfide) groups is 1. The van der Waals surface area contributed by atoms with Gasteiger partial charge in [-0.25, -0.2) is 0 Å². The molecule has 26 heavy (non-hydrogen) atoms. The van der Waals surface area contributed by atoms with Gasteiger partial charge in [0.15, 0.2) is 0 Å². The average Bonchev–Trinajstić information content (AvgIpc) is 2.76. The summed E-state index contributed by atoms with van der Waals surface area (Å²) in [6.45, 7) is 0. The number of fused-ring (bicyclic) bond motifs is 1. The Labute approximate surface area is 155 Å². The Morgan fingerprint density at radius 1 is 1.15 bits per heavy atom. The maximum absolute atomic E-state index is 12.3. The van der Waals surface area contributed by atoms with Crippen molar-refractivity contribution in [3.63, 3.8) is 0 Å². The van der Waals surface area contributed by atoms with Crippen molar-refractivity contribution in [3.05, 3.63) is 54.1 Å². The largest absolute Gasteiger partial charge is 0.340 e. The Balaban J connectivity index is 1.60. The molecule has 3 rings (SSSR count). The average molecular weight is 369 g/mol. The van der Waals surface area contributed by atoms with Gasteiger partial charge in [0.25, 0.3) is 5.91 Å². The number of hydrogen-bond acceptors (Lipinski definition) is 4. The predicted octanol–water partition coefficient (Wildman–Crippen LogP) is 2.88. The number of rotatable bonds is 5. The van der Waals surface area contributed by atoms with Crippen LogP contribution in [0.15, 0.2) is 53.4 Å². The highest BCUT2D eigenvalue weighted by Gasteiger charge is 2.27. The molecule has 1 aliphatic rings. The normalized spacial score (nSPS) is 16.1. The smallest absolute Gasteiger partial charge is 0.254 e. The van der Waals surface area contributed by atoms with Crippen LogP contribution in [0.3, 0.4) is 0 Å². The van der Waals surface area contributed by atoms with Crippen LogP contribution in [0.2, 0.25) is 0 Å². The molecule has 1 heterocycles. The molecule has 0 saturated heterocycles. The molecule has 0 spiro atoms. The van der Waals surface area contributed by atoms with Gasteiger partial charge < -0.3 is 16.0 Å². The Kier molecular flexibility index (Phi) is 5.58.